The summed E-state index contributed by atoms with van der Waals surface area (Å²) in [6.07, 6.45) is -2.35. The lowest BCUT2D eigenvalue weighted by Gasteiger charge is -2.23. The van der Waals surface area contributed by atoms with Crippen LogP contribution in [0.1, 0.15) is 12.8 Å². The van der Waals surface area contributed by atoms with Gasteiger partial charge in [-0.15, -0.1) is 0 Å². The van der Waals surface area contributed by atoms with Gasteiger partial charge in [-0.25, -0.2) is 0 Å². The fourth-order valence-corrected chi connectivity index (χ4v) is 1.54. The van der Waals surface area contributed by atoms with E-state index in [0.29, 0.717) is 25.5 Å². The van der Waals surface area contributed by atoms with Gasteiger partial charge in [-0.2, -0.15) is 25.8 Å². The van der Waals surface area contributed by atoms with Crippen LogP contribution in [-0.4, -0.2) is 49.2 Å². The lowest BCUT2D eigenvalue weighted by Crippen LogP contribution is -2.38. The first kappa shape index (κ1) is 13.1. The van der Waals surface area contributed by atoms with Crippen LogP contribution in [0.4, 0.5) is 13.2 Å². The van der Waals surface area contributed by atoms with Crippen molar-refractivity contribution in [2.24, 2.45) is 0 Å². The Bertz CT molecular complexity index is 185. The fraction of sp³-hybridized carbons (Fsp3) is 1.00. The third-order valence-corrected chi connectivity index (χ3v) is 2.39. The van der Waals surface area contributed by atoms with Gasteiger partial charge in [0, 0.05) is 18.3 Å². The first-order valence-corrected chi connectivity index (χ1v) is 5.65. The average Bonchev–Trinajstić information content (AvgIpc) is 2.91. The summed E-state index contributed by atoms with van der Waals surface area (Å²) in [6, 6.07) is 0.117. The highest BCUT2D eigenvalue weighted by molar-refractivity contribution is 7.80. The maximum atomic E-state index is 12.2. The van der Waals surface area contributed by atoms with Gasteiger partial charge in [0.25, 0.3) is 0 Å². The van der Waals surface area contributed by atoms with Gasteiger partial charge in [0.05, 0.1) is 19.8 Å². The Balaban J connectivity index is 2.19. The number of alkyl halides is 3. The molecule has 0 spiro atoms. The number of ether oxygens (including phenoxy) is 1. The van der Waals surface area contributed by atoms with Gasteiger partial charge in [0.15, 0.2) is 0 Å². The molecule has 0 aliphatic heterocycles. The maximum absolute atomic E-state index is 12.2. The normalized spacial score (nSPS) is 17.4. The molecule has 0 amide bonds. The summed E-state index contributed by atoms with van der Waals surface area (Å²) >= 11 is 3.95. The van der Waals surface area contributed by atoms with E-state index >= 15 is 0 Å². The topological polar surface area (TPSA) is 12.5 Å². The van der Waals surface area contributed by atoms with Crippen LogP contribution in [-0.2, 0) is 4.74 Å². The zero-order valence-electron chi connectivity index (χ0n) is 8.46. The molecule has 0 N–H and O–H groups in total. The predicted molar refractivity (Wildman–Crippen MR) is 55.3 cm³/mol. The van der Waals surface area contributed by atoms with Gasteiger partial charge in [0.1, 0.15) is 0 Å². The number of halogens is 3. The minimum atomic E-state index is -4.11. The number of hydrogen-bond acceptors (Lipinski definition) is 3. The molecule has 90 valence electrons. The second-order valence-corrected chi connectivity index (χ2v) is 4.10. The van der Waals surface area contributed by atoms with Crippen molar-refractivity contribution >= 4 is 12.6 Å². The Morgan fingerprint density at radius 1 is 1.27 bits per heavy atom. The van der Waals surface area contributed by atoms with Crippen LogP contribution in [0, 0.1) is 0 Å². The average molecular weight is 243 g/mol. The molecule has 15 heavy (non-hydrogen) atoms. The molecule has 0 radical (unpaired) electrons. The van der Waals surface area contributed by atoms with E-state index in [9.17, 15) is 13.2 Å². The van der Waals surface area contributed by atoms with Crippen molar-refractivity contribution in [2.75, 3.05) is 32.1 Å². The van der Waals surface area contributed by atoms with Gasteiger partial charge in [-0.1, -0.05) is 0 Å². The zero-order chi connectivity index (χ0) is 11.3. The molecule has 0 aromatic rings. The summed E-state index contributed by atoms with van der Waals surface area (Å²) in [6.45, 7) is 0.390. The first-order chi connectivity index (χ1) is 7.03. The second-order valence-electron chi connectivity index (χ2n) is 3.65. The molecule has 0 heterocycles. The molecule has 0 aromatic heterocycles. The third-order valence-electron chi connectivity index (χ3n) is 2.20. The van der Waals surface area contributed by atoms with E-state index in [0.717, 1.165) is 12.8 Å². The lowest BCUT2D eigenvalue weighted by atomic mass is 10.4. The summed E-state index contributed by atoms with van der Waals surface area (Å²) in [5.41, 5.74) is 0. The zero-order valence-corrected chi connectivity index (χ0v) is 9.36. The van der Waals surface area contributed by atoms with Crippen LogP contribution in [0.3, 0.4) is 0 Å². The molecule has 0 saturated heterocycles. The number of hydrogen-bond donors (Lipinski definition) is 1. The molecule has 0 unspecified atom stereocenters. The highest BCUT2D eigenvalue weighted by Gasteiger charge is 2.37. The van der Waals surface area contributed by atoms with E-state index in [2.05, 4.69) is 12.6 Å². The van der Waals surface area contributed by atoms with E-state index in [1.165, 1.54) is 4.90 Å². The van der Waals surface area contributed by atoms with E-state index in [4.69, 9.17) is 4.74 Å². The highest BCUT2D eigenvalue weighted by atomic mass is 32.1. The van der Waals surface area contributed by atoms with E-state index < -0.39 is 12.7 Å². The summed E-state index contributed by atoms with van der Waals surface area (Å²) < 4.78 is 41.6. The molecule has 1 fully saturated rings. The van der Waals surface area contributed by atoms with Crippen molar-refractivity contribution in [1.82, 2.24) is 4.90 Å². The highest BCUT2D eigenvalue weighted by Crippen LogP contribution is 2.29. The van der Waals surface area contributed by atoms with Crippen LogP contribution in [0.25, 0.3) is 0 Å². The van der Waals surface area contributed by atoms with Crippen molar-refractivity contribution in [3.8, 4) is 0 Å². The van der Waals surface area contributed by atoms with Crippen LogP contribution in [0.15, 0.2) is 0 Å². The van der Waals surface area contributed by atoms with E-state index in [1.54, 1.807) is 0 Å². The summed E-state index contributed by atoms with van der Waals surface area (Å²) in [5, 5.41) is 0. The number of rotatable bonds is 7. The molecular weight excluding hydrogens is 227 g/mol. The maximum Gasteiger partial charge on any atom is 0.401 e. The molecule has 0 aromatic carbocycles. The Kier molecular flexibility index (Phi) is 5.22. The summed E-state index contributed by atoms with van der Waals surface area (Å²) in [7, 11) is 0. The van der Waals surface area contributed by atoms with E-state index in [-0.39, 0.29) is 6.04 Å². The van der Waals surface area contributed by atoms with Gasteiger partial charge in [-0.3, -0.25) is 4.90 Å². The Morgan fingerprint density at radius 3 is 2.40 bits per heavy atom. The second kappa shape index (κ2) is 5.96. The molecule has 1 aliphatic rings. The lowest BCUT2D eigenvalue weighted by molar-refractivity contribution is -0.148. The third kappa shape index (κ3) is 6.27. The minimum Gasteiger partial charge on any atom is -0.379 e. The van der Waals surface area contributed by atoms with Crippen molar-refractivity contribution in [3.63, 3.8) is 0 Å². The SMILES string of the molecule is FC(F)(F)CN(CCOCCS)C1CC1. The number of thiol groups is 1. The van der Waals surface area contributed by atoms with Gasteiger partial charge in [-0.05, 0) is 12.8 Å². The van der Waals surface area contributed by atoms with Crippen LogP contribution in [0.2, 0.25) is 0 Å². The van der Waals surface area contributed by atoms with Crippen LogP contribution >= 0.6 is 12.6 Å². The van der Waals surface area contributed by atoms with Gasteiger partial charge >= 0.3 is 6.18 Å². The van der Waals surface area contributed by atoms with Crippen molar-refractivity contribution in [1.29, 1.82) is 0 Å². The van der Waals surface area contributed by atoms with Crippen molar-refractivity contribution < 1.29 is 17.9 Å². The molecule has 1 saturated carbocycles. The quantitative estimate of drug-likeness (QED) is 0.542. The van der Waals surface area contributed by atoms with Crippen molar-refractivity contribution in [2.45, 2.75) is 25.1 Å². The largest absolute Gasteiger partial charge is 0.401 e. The molecule has 0 bridgehead atoms. The molecule has 0 atom stereocenters. The van der Waals surface area contributed by atoms with Crippen molar-refractivity contribution in [3.05, 3.63) is 0 Å². The predicted octanol–water partition coefficient (Wildman–Crippen LogP) is 1.96. The summed E-state index contributed by atoms with van der Waals surface area (Å²) in [5.74, 6) is 0.600. The van der Waals surface area contributed by atoms with Crippen LogP contribution < -0.4 is 0 Å². The van der Waals surface area contributed by atoms with Crippen LogP contribution in [0.5, 0.6) is 0 Å². The first-order valence-electron chi connectivity index (χ1n) is 5.02. The molecule has 1 aliphatic carbocycles. The van der Waals surface area contributed by atoms with Gasteiger partial charge < -0.3 is 4.74 Å². The fourth-order valence-electron chi connectivity index (χ4n) is 1.41. The number of nitrogens with zero attached hydrogens (tertiary/aromatic N) is 1. The standard InChI is InChI=1S/C9H16F3NOS/c10-9(11,12)7-13(8-1-2-8)3-4-14-5-6-15/h8,15H,1-7H2. The van der Waals surface area contributed by atoms with Gasteiger partial charge in [0.2, 0.25) is 0 Å². The minimum absolute atomic E-state index is 0.117. The molecule has 2 nitrogen and oxygen atoms in total. The molecular formula is C9H16F3NOS. The smallest absolute Gasteiger partial charge is 0.379 e. The molecule has 1 rings (SSSR count). The Morgan fingerprint density at radius 2 is 1.93 bits per heavy atom. The molecule has 6 heteroatoms. The Labute approximate surface area is 93.2 Å². The summed E-state index contributed by atoms with van der Waals surface area (Å²) in [4.78, 5) is 1.46. The Hall–Kier alpha value is 0.0600. The monoisotopic (exact) mass is 243 g/mol. The van der Waals surface area contributed by atoms with E-state index in [1.807, 2.05) is 0 Å².